The summed E-state index contributed by atoms with van der Waals surface area (Å²) in [6.07, 6.45) is 1.29. The zero-order valence-corrected chi connectivity index (χ0v) is 11.9. The smallest absolute Gasteiger partial charge is 0.341 e. The highest BCUT2D eigenvalue weighted by Gasteiger charge is 2.26. The summed E-state index contributed by atoms with van der Waals surface area (Å²) in [7, 11) is 0. The Balaban J connectivity index is 2.57. The molecule has 1 aliphatic rings. The lowest BCUT2D eigenvalue weighted by molar-refractivity contribution is 0.0694. The van der Waals surface area contributed by atoms with Gasteiger partial charge >= 0.3 is 5.97 Å². The Morgan fingerprint density at radius 1 is 1.60 bits per heavy atom. The molecule has 0 saturated carbocycles. The second kappa shape index (κ2) is 4.31. The second-order valence-corrected chi connectivity index (χ2v) is 5.44. The van der Waals surface area contributed by atoms with Crippen LogP contribution in [0.4, 0.5) is 4.39 Å². The number of nitrogens with zero attached hydrogens (tertiary/aromatic N) is 1. The molecule has 2 heterocycles. The van der Waals surface area contributed by atoms with Gasteiger partial charge in [-0.3, -0.25) is 4.79 Å². The molecular weight excluding hydrogens is 333 g/mol. The monoisotopic (exact) mass is 341 g/mol. The van der Waals surface area contributed by atoms with Gasteiger partial charge in [-0.1, -0.05) is 0 Å². The van der Waals surface area contributed by atoms with Crippen molar-refractivity contribution in [3.05, 3.63) is 38.3 Å². The molecule has 0 bridgehead atoms. The van der Waals surface area contributed by atoms with Crippen molar-refractivity contribution in [2.45, 2.75) is 13.0 Å². The first-order valence-electron chi connectivity index (χ1n) is 5.84. The van der Waals surface area contributed by atoms with E-state index in [2.05, 4.69) is 15.9 Å². The minimum absolute atomic E-state index is 0.00662. The van der Waals surface area contributed by atoms with E-state index < -0.39 is 17.2 Å². The van der Waals surface area contributed by atoms with E-state index in [1.165, 1.54) is 6.20 Å². The zero-order valence-electron chi connectivity index (χ0n) is 10.3. The van der Waals surface area contributed by atoms with Crippen molar-refractivity contribution >= 4 is 32.8 Å². The molecule has 5 nitrogen and oxygen atoms in total. The van der Waals surface area contributed by atoms with Crippen LogP contribution in [0, 0.1) is 5.82 Å². The maximum absolute atomic E-state index is 13.8. The second-order valence-electron chi connectivity index (χ2n) is 4.64. The summed E-state index contributed by atoms with van der Waals surface area (Å²) in [6.45, 7) is 2.10. The quantitative estimate of drug-likeness (QED) is 0.865. The van der Waals surface area contributed by atoms with E-state index in [0.717, 1.165) is 6.07 Å². The maximum Gasteiger partial charge on any atom is 0.341 e. The van der Waals surface area contributed by atoms with Gasteiger partial charge in [0.2, 0.25) is 5.43 Å². The third-order valence-corrected chi connectivity index (χ3v) is 4.08. The summed E-state index contributed by atoms with van der Waals surface area (Å²) in [5.41, 5.74) is -0.681. The van der Waals surface area contributed by atoms with E-state index in [1.807, 2.05) is 6.92 Å². The number of carboxylic acids is 1. The fourth-order valence-corrected chi connectivity index (χ4v) is 2.76. The van der Waals surface area contributed by atoms with Gasteiger partial charge in [0.15, 0.2) is 5.75 Å². The van der Waals surface area contributed by atoms with E-state index in [1.54, 1.807) is 4.57 Å². The van der Waals surface area contributed by atoms with Crippen LogP contribution in [0.2, 0.25) is 0 Å². The van der Waals surface area contributed by atoms with Gasteiger partial charge in [-0.15, -0.1) is 0 Å². The van der Waals surface area contributed by atoms with Crippen molar-refractivity contribution < 1.29 is 19.0 Å². The number of ether oxygens (including phenoxy) is 1. The van der Waals surface area contributed by atoms with Gasteiger partial charge in [0.05, 0.1) is 21.4 Å². The number of aromatic nitrogens is 1. The number of rotatable bonds is 1. The van der Waals surface area contributed by atoms with E-state index in [0.29, 0.717) is 5.52 Å². The number of pyridine rings is 1. The Labute approximate surface area is 120 Å². The molecule has 0 unspecified atom stereocenters. The Hall–Kier alpha value is -1.89. The molecule has 1 aromatic heterocycles. The Bertz CT molecular complexity index is 814. The van der Waals surface area contributed by atoms with Crippen LogP contribution in [0.15, 0.2) is 21.5 Å². The molecule has 2 aromatic rings. The summed E-state index contributed by atoms with van der Waals surface area (Å²) in [5, 5.41) is 9.10. The van der Waals surface area contributed by atoms with Crippen molar-refractivity contribution in [2.75, 3.05) is 6.61 Å². The predicted octanol–water partition coefficient (Wildman–Crippen LogP) is 2.55. The van der Waals surface area contributed by atoms with Crippen molar-refractivity contribution in [1.29, 1.82) is 0 Å². The van der Waals surface area contributed by atoms with Gasteiger partial charge in [-0.05, 0) is 28.9 Å². The number of carboxylic acid groups (broad SMARTS) is 1. The lowest BCUT2D eigenvalue weighted by atomic mass is 10.1. The van der Waals surface area contributed by atoms with Crippen LogP contribution in [0.3, 0.4) is 0 Å². The lowest BCUT2D eigenvalue weighted by Gasteiger charge is -2.27. The maximum atomic E-state index is 13.8. The Morgan fingerprint density at radius 2 is 2.30 bits per heavy atom. The number of carbonyl (C=O) groups is 1. The third-order valence-electron chi connectivity index (χ3n) is 3.34. The van der Waals surface area contributed by atoms with Crippen molar-refractivity contribution in [3.63, 3.8) is 0 Å². The van der Waals surface area contributed by atoms with Crippen LogP contribution in [-0.2, 0) is 0 Å². The highest BCUT2D eigenvalue weighted by molar-refractivity contribution is 9.10. The molecule has 1 N–H and O–H groups in total. The van der Waals surface area contributed by atoms with E-state index >= 15 is 0 Å². The molecule has 0 aliphatic carbocycles. The number of aromatic carboxylic acids is 1. The predicted molar refractivity (Wildman–Crippen MR) is 73.0 cm³/mol. The molecule has 0 fully saturated rings. The van der Waals surface area contributed by atoms with E-state index in [-0.39, 0.29) is 33.8 Å². The summed E-state index contributed by atoms with van der Waals surface area (Å²) in [4.78, 5) is 23.3. The Kier molecular flexibility index (Phi) is 2.82. The lowest BCUT2D eigenvalue weighted by Crippen LogP contribution is -2.26. The van der Waals surface area contributed by atoms with Gasteiger partial charge in [0, 0.05) is 6.20 Å². The molecular formula is C13H9BrFNO4. The van der Waals surface area contributed by atoms with Crippen LogP contribution in [0.5, 0.6) is 5.75 Å². The average molecular weight is 342 g/mol. The molecule has 0 amide bonds. The average Bonchev–Trinajstić information content (AvgIpc) is 2.39. The number of halogens is 2. The number of benzene rings is 1. The summed E-state index contributed by atoms with van der Waals surface area (Å²) < 4.78 is 21.1. The number of hydrogen-bond donors (Lipinski definition) is 1. The van der Waals surface area contributed by atoms with E-state index in [4.69, 9.17) is 9.84 Å². The van der Waals surface area contributed by atoms with Crippen molar-refractivity contribution in [1.82, 2.24) is 4.57 Å². The molecule has 0 radical (unpaired) electrons. The molecule has 20 heavy (non-hydrogen) atoms. The largest absolute Gasteiger partial charge is 0.488 e. The van der Waals surface area contributed by atoms with Gasteiger partial charge in [-0.25, -0.2) is 9.18 Å². The first-order chi connectivity index (χ1) is 9.41. The topological polar surface area (TPSA) is 68.5 Å². The fourth-order valence-electron chi connectivity index (χ4n) is 2.35. The van der Waals surface area contributed by atoms with Gasteiger partial charge in [-0.2, -0.15) is 0 Å². The molecule has 3 rings (SSSR count). The van der Waals surface area contributed by atoms with Crippen LogP contribution >= 0.6 is 15.9 Å². The van der Waals surface area contributed by atoms with Crippen LogP contribution in [-0.4, -0.2) is 22.2 Å². The molecule has 104 valence electrons. The standard InChI is InChI=1S/C13H9BrFNO4/c1-5-4-20-12-9(14)8(15)2-6-10(12)16(5)3-7(11(6)17)13(18)19/h2-3,5H,4H2,1H3,(H,18,19)/t5-/m0/s1. The van der Waals surface area contributed by atoms with Crippen LogP contribution in [0.25, 0.3) is 10.9 Å². The molecule has 1 aliphatic heterocycles. The van der Waals surface area contributed by atoms with Gasteiger partial charge < -0.3 is 14.4 Å². The highest BCUT2D eigenvalue weighted by Crippen LogP contribution is 2.39. The minimum atomic E-state index is -1.33. The Morgan fingerprint density at radius 3 is 2.95 bits per heavy atom. The van der Waals surface area contributed by atoms with Crippen LogP contribution < -0.4 is 10.2 Å². The molecule has 0 saturated heterocycles. The molecule has 7 heteroatoms. The van der Waals surface area contributed by atoms with Crippen molar-refractivity contribution in [2.24, 2.45) is 0 Å². The summed E-state index contributed by atoms with van der Waals surface area (Å²) >= 11 is 3.09. The summed E-state index contributed by atoms with van der Waals surface area (Å²) in [5.74, 6) is -1.76. The normalized spacial score (nSPS) is 17.1. The molecule has 1 atom stereocenters. The molecule has 0 spiro atoms. The van der Waals surface area contributed by atoms with Crippen molar-refractivity contribution in [3.8, 4) is 5.75 Å². The number of hydrogen-bond acceptors (Lipinski definition) is 3. The highest BCUT2D eigenvalue weighted by atomic mass is 79.9. The zero-order chi connectivity index (χ0) is 14.6. The third kappa shape index (κ3) is 1.66. The van der Waals surface area contributed by atoms with Crippen LogP contribution in [0.1, 0.15) is 23.3 Å². The minimum Gasteiger partial charge on any atom is -0.488 e. The molecule has 1 aromatic carbocycles. The fraction of sp³-hybridized carbons (Fsp3) is 0.231. The summed E-state index contributed by atoms with van der Waals surface area (Å²) in [6, 6.07) is 0.885. The first-order valence-corrected chi connectivity index (χ1v) is 6.64. The SMILES string of the molecule is C[C@H]1COc2c(Br)c(F)cc3c(=O)c(C(=O)O)cn1c23. The first kappa shape index (κ1) is 13.1. The van der Waals surface area contributed by atoms with E-state index in [9.17, 15) is 14.0 Å². The van der Waals surface area contributed by atoms with Gasteiger partial charge in [0.25, 0.3) is 0 Å². The van der Waals surface area contributed by atoms with Gasteiger partial charge in [0.1, 0.15) is 18.0 Å².